The minimum absolute atomic E-state index is 0.137. The molecule has 1 heterocycles. The number of hydrogen-bond acceptors (Lipinski definition) is 5. The van der Waals surface area contributed by atoms with Crippen molar-refractivity contribution in [3.8, 4) is 0 Å². The van der Waals surface area contributed by atoms with Crippen molar-refractivity contribution in [1.82, 2.24) is 4.98 Å². The van der Waals surface area contributed by atoms with Crippen LogP contribution in [0.5, 0.6) is 0 Å². The number of nitrogens with zero attached hydrogens (tertiary/aromatic N) is 1. The minimum atomic E-state index is -0.717. The van der Waals surface area contributed by atoms with E-state index in [-0.39, 0.29) is 13.2 Å². The molecule has 1 aromatic rings. The maximum atomic E-state index is 9.17. The summed E-state index contributed by atoms with van der Waals surface area (Å²) < 4.78 is 0. The van der Waals surface area contributed by atoms with Crippen LogP contribution >= 0.6 is 0 Å². The average molecular weight is 225 g/mol. The first kappa shape index (κ1) is 12.7. The van der Waals surface area contributed by atoms with Gasteiger partial charge in [0.1, 0.15) is 5.82 Å². The first-order chi connectivity index (χ1) is 7.63. The van der Waals surface area contributed by atoms with Gasteiger partial charge in [-0.3, -0.25) is 0 Å². The molecule has 0 spiro atoms. The molecule has 0 amide bonds. The van der Waals surface area contributed by atoms with E-state index in [0.717, 1.165) is 18.1 Å². The van der Waals surface area contributed by atoms with E-state index >= 15 is 0 Å². The van der Waals surface area contributed by atoms with E-state index in [4.69, 9.17) is 10.2 Å². The van der Waals surface area contributed by atoms with E-state index in [1.54, 1.807) is 19.2 Å². The SMILES string of the molecule is CCNc1cc(NC(C)(CO)CO)ccn1. The maximum absolute atomic E-state index is 9.17. The fourth-order valence-corrected chi connectivity index (χ4v) is 1.26. The van der Waals surface area contributed by atoms with Crippen LogP contribution in [0.15, 0.2) is 18.3 Å². The lowest BCUT2D eigenvalue weighted by molar-refractivity contribution is 0.147. The van der Waals surface area contributed by atoms with Gasteiger partial charge in [-0.15, -0.1) is 0 Å². The molecule has 90 valence electrons. The Labute approximate surface area is 95.5 Å². The van der Waals surface area contributed by atoms with Crippen molar-refractivity contribution in [2.24, 2.45) is 0 Å². The lowest BCUT2D eigenvalue weighted by atomic mass is 10.1. The average Bonchev–Trinajstić information content (AvgIpc) is 2.30. The highest BCUT2D eigenvalue weighted by molar-refractivity contribution is 5.53. The van der Waals surface area contributed by atoms with Crippen LogP contribution in [0, 0.1) is 0 Å². The van der Waals surface area contributed by atoms with Crippen LogP contribution in [-0.4, -0.2) is 40.5 Å². The molecule has 0 atom stereocenters. The van der Waals surface area contributed by atoms with Crippen LogP contribution in [0.2, 0.25) is 0 Å². The Bertz CT molecular complexity index is 327. The molecule has 4 N–H and O–H groups in total. The Morgan fingerprint density at radius 3 is 2.62 bits per heavy atom. The Balaban J connectivity index is 2.76. The van der Waals surface area contributed by atoms with Crippen molar-refractivity contribution < 1.29 is 10.2 Å². The third-order valence-corrected chi connectivity index (χ3v) is 2.26. The summed E-state index contributed by atoms with van der Waals surface area (Å²) in [6, 6.07) is 3.64. The van der Waals surface area contributed by atoms with Crippen LogP contribution in [0.4, 0.5) is 11.5 Å². The van der Waals surface area contributed by atoms with Crippen molar-refractivity contribution in [3.05, 3.63) is 18.3 Å². The van der Waals surface area contributed by atoms with E-state index < -0.39 is 5.54 Å². The van der Waals surface area contributed by atoms with Gasteiger partial charge in [0, 0.05) is 24.5 Å². The molecule has 1 aromatic heterocycles. The summed E-state index contributed by atoms with van der Waals surface area (Å²) in [4.78, 5) is 4.13. The highest BCUT2D eigenvalue weighted by Gasteiger charge is 2.21. The molecular formula is C11H19N3O2. The van der Waals surface area contributed by atoms with E-state index in [2.05, 4.69) is 15.6 Å². The van der Waals surface area contributed by atoms with E-state index in [1.165, 1.54) is 0 Å². The van der Waals surface area contributed by atoms with E-state index in [9.17, 15) is 0 Å². The molecule has 0 aliphatic rings. The second kappa shape index (κ2) is 5.67. The molecule has 0 saturated heterocycles. The summed E-state index contributed by atoms with van der Waals surface area (Å²) in [6.07, 6.45) is 1.68. The van der Waals surface area contributed by atoms with Crippen LogP contribution in [0.1, 0.15) is 13.8 Å². The molecule has 0 bridgehead atoms. The molecule has 5 nitrogen and oxygen atoms in total. The van der Waals surface area contributed by atoms with Gasteiger partial charge in [-0.05, 0) is 19.9 Å². The van der Waals surface area contributed by atoms with Crippen molar-refractivity contribution in [2.45, 2.75) is 19.4 Å². The van der Waals surface area contributed by atoms with Gasteiger partial charge in [0.25, 0.3) is 0 Å². The smallest absolute Gasteiger partial charge is 0.127 e. The predicted octanol–water partition coefficient (Wildman–Crippen LogP) is 0.669. The van der Waals surface area contributed by atoms with Crippen molar-refractivity contribution in [2.75, 3.05) is 30.4 Å². The molecule has 0 fully saturated rings. The molecule has 0 aromatic carbocycles. The second-order valence-electron chi connectivity index (χ2n) is 3.96. The molecule has 0 radical (unpaired) electrons. The monoisotopic (exact) mass is 225 g/mol. The van der Waals surface area contributed by atoms with Crippen LogP contribution < -0.4 is 10.6 Å². The molecular weight excluding hydrogens is 206 g/mol. The van der Waals surface area contributed by atoms with Gasteiger partial charge in [-0.25, -0.2) is 4.98 Å². The van der Waals surface area contributed by atoms with Crippen molar-refractivity contribution >= 4 is 11.5 Å². The molecule has 0 saturated carbocycles. The zero-order chi connectivity index (χ0) is 12.0. The van der Waals surface area contributed by atoms with E-state index in [1.807, 2.05) is 13.0 Å². The molecule has 0 unspecified atom stereocenters. The number of rotatable bonds is 6. The minimum Gasteiger partial charge on any atom is -0.394 e. The molecule has 0 aliphatic heterocycles. The lowest BCUT2D eigenvalue weighted by Crippen LogP contribution is -2.42. The van der Waals surface area contributed by atoms with Gasteiger partial charge in [0.15, 0.2) is 0 Å². The van der Waals surface area contributed by atoms with Gasteiger partial charge in [0.05, 0.1) is 18.8 Å². The van der Waals surface area contributed by atoms with Gasteiger partial charge >= 0.3 is 0 Å². The summed E-state index contributed by atoms with van der Waals surface area (Å²) in [5, 5.41) is 24.5. The summed E-state index contributed by atoms with van der Waals surface area (Å²) in [7, 11) is 0. The fourth-order valence-electron chi connectivity index (χ4n) is 1.26. The molecule has 5 heteroatoms. The summed E-state index contributed by atoms with van der Waals surface area (Å²) in [5.74, 6) is 0.769. The molecule has 16 heavy (non-hydrogen) atoms. The normalized spacial score (nSPS) is 11.2. The number of anilines is 2. The number of hydrogen-bond donors (Lipinski definition) is 4. The van der Waals surface area contributed by atoms with Gasteiger partial charge in [-0.1, -0.05) is 0 Å². The second-order valence-corrected chi connectivity index (χ2v) is 3.96. The number of nitrogens with one attached hydrogen (secondary N) is 2. The standard InChI is InChI=1S/C11H19N3O2/c1-3-12-10-6-9(4-5-13-10)14-11(2,7-15)8-16/h4-6,15-16H,3,7-8H2,1-2H3,(H2,12,13,14). The number of aromatic nitrogens is 1. The van der Waals surface area contributed by atoms with E-state index in [0.29, 0.717) is 0 Å². The van der Waals surface area contributed by atoms with Crippen molar-refractivity contribution in [1.29, 1.82) is 0 Å². The number of aliphatic hydroxyl groups is 2. The summed E-state index contributed by atoms with van der Waals surface area (Å²) >= 11 is 0. The summed E-state index contributed by atoms with van der Waals surface area (Å²) in [6.45, 7) is 4.27. The maximum Gasteiger partial charge on any atom is 0.127 e. The largest absolute Gasteiger partial charge is 0.394 e. The zero-order valence-corrected chi connectivity index (χ0v) is 9.70. The number of aliphatic hydroxyl groups excluding tert-OH is 2. The zero-order valence-electron chi connectivity index (χ0n) is 9.70. The third kappa shape index (κ3) is 3.36. The topological polar surface area (TPSA) is 77.4 Å². The Morgan fingerprint density at radius 2 is 2.06 bits per heavy atom. The van der Waals surface area contributed by atoms with Gasteiger partial charge in [0.2, 0.25) is 0 Å². The fraction of sp³-hybridized carbons (Fsp3) is 0.545. The highest BCUT2D eigenvalue weighted by Crippen LogP contribution is 2.17. The first-order valence-corrected chi connectivity index (χ1v) is 5.33. The number of pyridine rings is 1. The van der Waals surface area contributed by atoms with Gasteiger partial charge in [-0.2, -0.15) is 0 Å². The first-order valence-electron chi connectivity index (χ1n) is 5.33. The van der Waals surface area contributed by atoms with Crippen LogP contribution in [-0.2, 0) is 0 Å². The lowest BCUT2D eigenvalue weighted by Gasteiger charge is -2.27. The Kier molecular flexibility index (Phi) is 4.52. The predicted molar refractivity (Wildman–Crippen MR) is 64.6 cm³/mol. The Hall–Kier alpha value is -1.33. The van der Waals surface area contributed by atoms with Crippen molar-refractivity contribution in [3.63, 3.8) is 0 Å². The van der Waals surface area contributed by atoms with Crippen LogP contribution in [0.3, 0.4) is 0 Å². The highest BCUT2D eigenvalue weighted by atomic mass is 16.3. The quantitative estimate of drug-likeness (QED) is 0.572. The molecule has 1 rings (SSSR count). The van der Waals surface area contributed by atoms with Gasteiger partial charge < -0.3 is 20.8 Å². The molecule has 0 aliphatic carbocycles. The third-order valence-electron chi connectivity index (χ3n) is 2.26. The Morgan fingerprint density at radius 1 is 1.38 bits per heavy atom. The van der Waals surface area contributed by atoms with Crippen LogP contribution in [0.25, 0.3) is 0 Å². The summed E-state index contributed by atoms with van der Waals surface area (Å²) in [5.41, 5.74) is 0.0988.